The van der Waals surface area contributed by atoms with Crippen LogP contribution in [0.2, 0.25) is 0 Å². The number of hydrogen-bond donors (Lipinski definition) is 2. The summed E-state index contributed by atoms with van der Waals surface area (Å²) in [7, 11) is -1.22. The zero-order valence-corrected chi connectivity index (χ0v) is 13.8. The molecule has 7 heteroatoms. The minimum Gasteiger partial charge on any atom is -0.491 e. The van der Waals surface area contributed by atoms with Crippen molar-refractivity contribution < 1.29 is 13.2 Å². The molecule has 1 atom stereocenters. The Morgan fingerprint density at radius 2 is 2.18 bits per heavy atom. The van der Waals surface area contributed by atoms with E-state index in [0.29, 0.717) is 25.5 Å². The first-order chi connectivity index (χ1) is 10.5. The third-order valence-electron chi connectivity index (χ3n) is 3.54. The fraction of sp³-hybridized carbons (Fsp3) is 0.533. The van der Waals surface area contributed by atoms with Crippen molar-refractivity contribution >= 4 is 15.8 Å². The van der Waals surface area contributed by atoms with Crippen molar-refractivity contribution in [1.29, 1.82) is 0 Å². The van der Waals surface area contributed by atoms with Crippen LogP contribution in [0.1, 0.15) is 12.0 Å². The molecular formula is C15H23N3O3S. The predicted molar refractivity (Wildman–Crippen MR) is 88.2 cm³/mol. The number of nitrogens with one attached hydrogen (secondary N) is 2. The van der Waals surface area contributed by atoms with Crippen LogP contribution < -0.4 is 15.4 Å². The molecule has 22 heavy (non-hydrogen) atoms. The first-order valence-electron chi connectivity index (χ1n) is 7.36. The molecule has 6 nitrogen and oxygen atoms in total. The molecule has 0 radical (unpaired) electrons. The Morgan fingerprint density at radius 3 is 2.82 bits per heavy atom. The maximum absolute atomic E-state index is 11.4. The van der Waals surface area contributed by atoms with Gasteiger partial charge in [-0.05, 0) is 25.0 Å². The molecule has 1 saturated heterocycles. The molecule has 0 bridgehead atoms. The Hall–Kier alpha value is -1.76. The Balaban J connectivity index is 1.72. The zero-order valence-electron chi connectivity index (χ0n) is 13.0. The molecule has 0 spiro atoms. The standard InChI is InChI=1S/C15H23N3O3S/c1-12-5-3-4-6-14(12)21-9-8-17-15(16-2)18-13-7-10-22(19,20)11-13/h3-6,13H,7-11H2,1-2H3,(H2,16,17,18). The maximum atomic E-state index is 11.4. The highest BCUT2D eigenvalue weighted by atomic mass is 32.2. The normalized spacial score (nSPS) is 20.6. The number of rotatable bonds is 5. The van der Waals surface area contributed by atoms with E-state index in [0.717, 1.165) is 11.3 Å². The number of nitrogens with zero attached hydrogens (tertiary/aromatic N) is 1. The van der Waals surface area contributed by atoms with Gasteiger partial charge in [0.2, 0.25) is 0 Å². The van der Waals surface area contributed by atoms with Gasteiger partial charge in [0.05, 0.1) is 18.1 Å². The second kappa shape index (κ2) is 7.49. The van der Waals surface area contributed by atoms with Gasteiger partial charge >= 0.3 is 0 Å². The second-order valence-electron chi connectivity index (χ2n) is 5.36. The van der Waals surface area contributed by atoms with Crippen LogP contribution in [0, 0.1) is 6.92 Å². The van der Waals surface area contributed by atoms with E-state index in [1.807, 2.05) is 31.2 Å². The summed E-state index contributed by atoms with van der Waals surface area (Å²) in [5.41, 5.74) is 1.10. The molecule has 1 fully saturated rings. The minimum atomic E-state index is -2.89. The molecule has 0 aromatic heterocycles. The quantitative estimate of drug-likeness (QED) is 0.474. The van der Waals surface area contributed by atoms with Crippen LogP contribution in [0.3, 0.4) is 0 Å². The minimum absolute atomic E-state index is 0.0616. The van der Waals surface area contributed by atoms with E-state index in [9.17, 15) is 8.42 Å². The van der Waals surface area contributed by atoms with Gasteiger partial charge in [0.25, 0.3) is 0 Å². The van der Waals surface area contributed by atoms with Crippen molar-refractivity contribution in [2.24, 2.45) is 4.99 Å². The number of sulfone groups is 1. The van der Waals surface area contributed by atoms with Gasteiger partial charge in [0.15, 0.2) is 15.8 Å². The molecule has 0 saturated carbocycles. The molecule has 1 aliphatic rings. The fourth-order valence-corrected chi connectivity index (χ4v) is 4.02. The van der Waals surface area contributed by atoms with Crippen LogP contribution in [0.5, 0.6) is 5.75 Å². The van der Waals surface area contributed by atoms with E-state index in [1.165, 1.54) is 0 Å². The topological polar surface area (TPSA) is 79.8 Å². The molecule has 1 aromatic rings. The monoisotopic (exact) mass is 325 g/mol. The SMILES string of the molecule is CN=C(NCCOc1ccccc1C)NC1CCS(=O)(=O)C1. The molecule has 122 valence electrons. The highest BCUT2D eigenvalue weighted by Gasteiger charge is 2.28. The molecule has 2 N–H and O–H groups in total. The van der Waals surface area contributed by atoms with E-state index >= 15 is 0 Å². The average Bonchev–Trinajstić information content (AvgIpc) is 2.83. The zero-order chi connectivity index (χ0) is 16.0. The van der Waals surface area contributed by atoms with Crippen molar-refractivity contribution in [2.45, 2.75) is 19.4 Å². The molecule has 0 amide bonds. The van der Waals surface area contributed by atoms with Gasteiger partial charge in [-0.1, -0.05) is 18.2 Å². The van der Waals surface area contributed by atoms with Gasteiger partial charge in [-0.25, -0.2) is 8.42 Å². The average molecular weight is 325 g/mol. The highest BCUT2D eigenvalue weighted by molar-refractivity contribution is 7.91. The lowest BCUT2D eigenvalue weighted by Crippen LogP contribution is -2.45. The predicted octanol–water partition coefficient (Wildman–Crippen LogP) is 0.726. The first kappa shape index (κ1) is 16.6. The third-order valence-corrected chi connectivity index (χ3v) is 5.31. The summed E-state index contributed by atoms with van der Waals surface area (Å²) in [6.45, 7) is 3.10. The largest absolute Gasteiger partial charge is 0.491 e. The molecule has 1 aliphatic heterocycles. The summed E-state index contributed by atoms with van der Waals surface area (Å²) in [5, 5.41) is 6.27. The second-order valence-corrected chi connectivity index (χ2v) is 7.59. The van der Waals surface area contributed by atoms with E-state index in [1.54, 1.807) is 7.05 Å². The van der Waals surface area contributed by atoms with Crippen LogP contribution in [0.25, 0.3) is 0 Å². The molecular weight excluding hydrogens is 302 g/mol. The van der Waals surface area contributed by atoms with Gasteiger partial charge in [0.1, 0.15) is 12.4 Å². The van der Waals surface area contributed by atoms with Crippen molar-refractivity contribution in [2.75, 3.05) is 31.7 Å². The third kappa shape index (κ3) is 4.91. The first-order valence-corrected chi connectivity index (χ1v) is 9.18. The lowest BCUT2D eigenvalue weighted by Gasteiger charge is -2.16. The van der Waals surface area contributed by atoms with Gasteiger partial charge in [0, 0.05) is 13.1 Å². The summed E-state index contributed by atoms with van der Waals surface area (Å²) < 4.78 is 28.6. The van der Waals surface area contributed by atoms with E-state index in [4.69, 9.17) is 4.74 Å². The summed E-state index contributed by atoms with van der Waals surface area (Å²) in [6, 6.07) is 7.79. The fourth-order valence-electron chi connectivity index (χ4n) is 2.35. The van der Waals surface area contributed by atoms with Crippen molar-refractivity contribution in [3.63, 3.8) is 0 Å². The van der Waals surface area contributed by atoms with Gasteiger partial charge in [-0.3, -0.25) is 4.99 Å². The number of aryl methyl sites for hydroxylation is 1. The summed E-state index contributed by atoms with van der Waals surface area (Å²) in [5.74, 6) is 1.90. The number of hydrogen-bond acceptors (Lipinski definition) is 4. The van der Waals surface area contributed by atoms with Crippen LogP contribution in [-0.2, 0) is 9.84 Å². The van der Waals surface area contributed by atoms with Gasteiger partial charge in [-0.2, -0.15) is 0 Å². The summed E-state index contributed by atoms with van der Waals surface area (Å²) in [4.78, 5) is 4.11. The maximum Gasteiger partial charge on any atom is 0.191 e. The van der Waals surface area contributed by atoms with Crippen LogP contribution in [0.4, 0.5) is 0 Å². The number of ether oxygens (including phenoxy) is 1. The summed E-state index contributed by atoms with van der Waals surface area (Å²) >= 11 is 0. The van der Waals surface area contributed by atoms with E-state index in [-0.39, 0.29) is 17.5 Å². The Bertz CT molecular complexity index is 629. The number of benzene rings is 1. The van der Waals surface area contributed by atoms with Crippen molar-refractivity contribution in [3.05, 3.63) is 29.8 Å². The molecule has 2 rings (SSSR count). The smallest absolute Gasteiger partial charge is 0.191 e. The lowest BCUT2D eigenvalue weighted by atomic mass is 10.2. The molecule has 1 unspecified atom stereocenters. The highest BCUT2D eigenvalue weighted by Crippen LogP contribution is 2.15. The van der Waals surface area contributed by atoms with Crippen LogP contribution in [-0.4, -0.2) is 52.1 Å². The van der Waals surface area contributed by atoms with Crippen molar-refractivity contribution in [1.82, 2.24) is 10.6 Å². The Labute approximate surface area is 131 Å². The van der Waals surface area contributed by atoms with Crippen LogP contribution >= 0.6 is 0 Å². The summed E-state index contributed by atoms with van der Waals surface area (Å²) in [6.07, 6.45) is 0.628. The van der Waals surface area contributed by atoms with Gasteiger partial charge in [-0.15, -0.1) is 0 Å². The Morgan fingerprint density at radius 1 is 1.41 bits per heavy atom. The number of para-hydroxylation sites is 1. The number of aliphatic imine (C=N–C) groups is 1. The molecule has 0 aliphatic carbocycles. The van der Waals surface area contributed by atoms with Crippen LogP contribution in [0.15, 0.2) is 29.3 Å². The lowest BCUT2D eigenvalue weighted by molar-refractivity contribution is 0.319. The molecule has 1 heterocycles. The number of guanidine groups is 1. The van der Waals surface area contributed by atoms with Gasteiger partial charge < -0.3 is 15.4 Å². The molecule has 1 aromatic carbocycles. The van der Waals surface area contributed by atoms with E-state index in [2.05, 4.69) is 15.6 Å². The Kier molecular flexibility index (Phi) is 5.65. The van der Waals surface area contributed by atoms with E-state index < -0.39 is 9.84 Å². The van der Waals surface area contributed by atoms with Crippen molar-refractivity contribution in [3.8, 4) is 5.75 Å².